The number of hydrogen-bond donors (Lipinski definition) is 2. The first-order chi connectivity index (χ1) is 9.31. The summed E-state index contributed by atoms with van der Waals surface area (Å²) in [6.45, 7) is 3.51. The van der Waals surface area contributed by atoms with E-state index in [1.807, 2.05) is 12.1 Å². The molecule has 2 rings (SSSR count). The molecule has 2 heterocycles. The van der Waals surface area contributed by atoms with Crippen molar-refractivity contribution < 1.29 is 4.79 Å². The third-order valence-corrected chi connectivity index (χ3v) is 2.98. The van der Waals surface area contributed by atoms with Gasteiger partial charge in [-0.05, 0) is 25.0 Å². The number of unbranched alkanes of at least 4 members (excludes halogenated alkanes) is 1. The second kappa shape index (κ2) is 6.78. The molecule has 5 heteroatoms. The van der Waals surface area contributed by atoms with Crippen LogP contribution >= 0.6 is 0 Å². The molecule has 0 saturated carbocycles. The SMILES string of the molecule is CCCCNC(=O)N1CCC=C(c2cccnc2)N1. The van der Waals surface area contributed by atoms with Crippen LogP contribution in [0.3, 0.4) is 0 Å². The Labute approximate surface area is 113 Å². The zero-order valence-electron chi connectivity index (χ0n) is 11.2. The Morgan fingerprint density at radius 1 is 1.58 bits per heavy atom. The van der Waals surface area contributed by atoms with E-state index in [1.165, 1.54) is 0 Å². The number of amides is 2. The van der Waals surface area contributed by atoms with Crippen molar-refractivity contribution in [2.24, 2.45) is 0 Å². The molecule has 5 nitrogen and oxygen atoms in total. The van der Waals surface area contributed by atoms with E-state index >= 15 is 0 Å². The number of urea groups is 1. The summed E-state index contributed by atoms with van der Waals surface area (Å²) >= 11 is 0. The van der Waals surface area contributed by atoms with E-state index < -0.39 is 0 Å². The average molecular weight is 260 g/mol. The van der Waals surface area contributed by atoms with Crippen molar-refractivity contribution in [2.45, 2.75) is 26.2 Å². The van der Waals surface area contributed by atoms with Gasteiger partial charge in [-0.3, -0.25) is 10.4 Å². The van der Waals surface area contributed by atoms with Crippen molar-refractivity contribution in [3.05, 3.63) is 36.2 Å². The summed E-state index contributed by atoms with van der Waals surface area (Å²) in [5.74, 6) is 0. The number of pyridine rings is 1. The molecule has 2 amide bonds. The van der Waals surface area contributed by atoms with Gasteiger partial charge in [0.15, 0.2) is 0 Å². The highest BCUT2D eigenvalue weighted by molar-refractivity contribution is 5.76. The summed E-state index contributed by atoms with van der Waals surface area (Å²) in [7, 11) is 0. The molecule has 0 saturated heterocycles. The van der Waals surface area contributed by atoms with Gasteiger partial charge in [0, 0.05) is 31.0 Å². The first kappa shape index (κ1) is 13.4. The zero-order valence-corrected chi connectivity index (χ0v) is 11.2. The minimum absolute atomic E-state index is 0.0667. The fraction of sp³-hybridized carbons (Fsp3) is 0.429. The van der Waals surface area contributed by atoms with E-state index in [2.05, 4.69) is 28.7 Å². The second-order valence-electron chi connectivity index (χ2n) is 4.50. The fourth-order valence-electron chi connectivity index (χ4n) is 1.91. The fourth-order valence-corrected chi connectivity index (χ4v) is 1.91. The number of aromatic nitrogens is 1. The highest BCUT2D eigenvalue weighted by atomic mass is 16.2. The quantitative estimate of drug-likeness (QED) is 0.815. The minimum atomic E-state index is -0.0667. The molecule has 0 fully saturated rings. The zero-order chi connectivity index (χ0) is 13.5. The predicted molar refractivity (Wildman–Crippen MR) is 75.0 cm³/mol. The van der Waals surface area contributed by atoms with E-state index in [9.17, 15) is 4.79 Å². The van der Waals surface area contributed by atoms with E-state index in [0.29, 0.717) is 6.54 Å². The summed E-state index contributed by atoms with van der Waals surface area (Å²) in [4.78, 5) is 16.0. The van der Waals surface area contributed by atoms with Crippen molar-refractivity contribution in [2.75, 3.05) is 13.1 Å². The van der Waals surface area contributed by atoms with Gasteiger partial charge in [0.25, 0.3) is 0 Å². The first-order valence-corrected chi connectivity index (χ1v) is 6.74. The van der Waals surface area contributed by atoms with Crippen molar-refractivity contribution in [3.63, 3.8) is 0 Å². The van der Waals surface area contributed by atoms with Gasteiger partial charge in [0.1, 0.15) is 0 Å². The maximum absolute atomic E-state index is 12.0. The molecule has 1 aliphatic rings. The molecule has 0 aliphatic carbocycles. The van der Waals surface area contributed by atoms with Crippen LogP contribution in [0.2, 0.25) is 0 Å². The lowest BCUT2D eigenvalue weighted by atomic mass is 10.1. The van der Waals surface area contributed by atoms with Crippen LogP contribution in [0.15, 0.2) is 30.6 Å². The molecule has 0 spiro atoms. The molecule has 0 unspecified atom stereocenters. The van der Waals surface area contributed by atoms with Crippen LogP contribution in [0.5, 0.6) is 0 Å². The first-order valence-electron chi connectivity index (χ1n) is 6.74. The van der Waals surface area contributed by atoms with Crippen LogP contribution < -0.4 is 10.7 Å². The van der Waals surface area contributed by atoms with Gasteiger partial charge < -0.3 is 5.32 Å². The van der Waals surface area contributed by atoms with Crippen molar-refractivity contribution >= 4 is 11.7 Å². The Balaban J connectivity index is 1.93. The molecular formula is C14H20N4O. The summed E-state index contributed by atoms with van der Waals surface area (Å²) in [6.07, 6.45) is 8.55. The predicted octanol–water partition coefficient (Wildman–Crippen LogP) is 2.14. The van der Waals surface area contributed by atoms with E-state index in [0.717, 1.165) is 37.1 Å². The number of rotatable bonds is 4. The Kier molecular flexibility index (Phi) is 4.78. The molecule has 1 aromatic heterocycles. The minimum Gasteiger partial charge on any atom is -0.337 e. The summed E-state index contributed by atoms with van der Waals surface area (Å²) in [5.41, 5.74) is 5.07. The normalized spacial score (nSPS) is 14.6. The van der Waals surface area contributed by atoms with Crippen molar-refractivity contribution in [1.29, 1.82) is 0 Å². The van der Waals surface area contributed by atoms with E-state index in [-0.39, 0.29) is 6.03 Å². The molecule has 0 aromatic carbocycles. The third kappa shape index (κ3) is 3.71. The maximum atomic E-state index is 12.0. The topological polar surface area (TPSA) is 57.3 Å². The lowest BCUT2D eigenvalue weighted by molar-refractivity contribution is 0.183. The lowest BCUT2D eigenvalue weighted by Crippen LogP contribution is -2.49. The van der Waals surface area contributed by atoms with E-state index in [1.54, 1.807) is 17.4 Å². The Morgan fingerprint density at radius 2 is 2.47 bits per heavy atom. The number of hydrogen-bond acceptors (Lipinski definition) is 3. The van der Waals surface area contributed by atoms with Gasteiger partial charge >= 0.3 is 6.03 Å². The highest BCUT2D eigenvalue weighted by Gasteiger charge is 2.17. The average Bonchev–Trinajstić information content (AvgIpc) is 2.48. The third-order valence-electron chi connectivity index (χ3n) is 2.98. The molecule has 0 atom stereocenters. The van der Waals surface area contributed by atoms with Crippen molar-refractivity contribution in [1.82, 2.24) is 20.7 Å². The Hall–Kier alpha value is -2.04. The van der Waals surface area contributed by atoms with Gasteiger partial charge in [-0.25, -0.2) is 9.80 Å². The molecule has 19 heavy (non-hydrogen) atoms. The molecule has 0 radical (unpaired) electrons. The summed E-state index contributed by atoms with van der Waals surface area (Å²) in [5, 5.41) is 4.53. The number of hydrazine groups is 1. The van der Waals surface area contributed by atoms with Gasteiger partial charge in [0.2, 0.25) is 0 Å². The highest BCUT2D eigenvalue weighted by Crippen LogP contribution is 2.15. The molecule has 1 aromatic rings. The number of carbonyl (C=O) groups excluding carboxylic acids is 1. The Morgan fingerprint density at radius 3 is 3.21 bits per heavy atom. The van der Waals surface area contributed by atoms with Crippen LogP contribution in [0.1, 0.15) is 31.7 Å². The molecule has 0 bridgehead atoms. The van der Waals surface area contributed by atoms with Crippen LogP contribution in [0.4, 0.5) is 4.79 Å². The van der Waals surface area contributed by atoms with Crippen molar-refractivity contribution in [3.8, 4) is 0 Å². The monoisotopic (exact) mass is 260 g/mol. The smallest absolute Gasteiger partial charge is 0.336 e. The van der Waals surface area contributed by atoms with Gasteiger partial charge in [-0.15, -0.1) is 0 Å². The Bertz CT molecular complexity index is 444. The lowest BCUT2D eigenvalue weighted by Gasteiger charge is -2.29. The maximum Gasteiger partial charge on any atom is 0.336 e. The van der Waals surface area contributed by atoms with Crippen LogP contribution in [-0.4, -0.2) is 29.1 Å². The summed E-state index contributed by atoms with van der Waals surface area (Å²) in [6, 6.07) is 3.80. The number of nitrogens with zero attached hydrogens (tertiary/aromatic N) is 2. The molecular weight excluding hydrogens is 240 g/mol. The summed E-state index contributed by atoms with van der Waals surface area (Å²) < 4.78 is 0. The van der Waals surface area contributed by atoms with Crippen LogP contribution in [-0.2, 0) is 0 Å². The largest absolute Gasteiger partial charge is 0.337 e. The number of carbonyl (C=O) groups is 1. The molecule has 102 valence electrons. The van der Waals surface area contributed by atoms with Gasteiger partial charge in [-0.1, -0.05) is 19.4 Å². The van der Waals surface area contributed by atoms with Crippen LogP contribution in [0.25, 0.3) is 5.70 Å². The van der Waals surface area contributed by atoms with E-state index in [4.69, 9.17) is 0 Å². The molecule has 2 N–H and O–H groups in total. The van der Waals surface area contributed by atoms with Gasteiger partial charge in [0.05, 0.1) is 5.70 Å². The second-order valence-corrected chi connectivity index (χ2v) is 4.50. The number of nitrogens with one attached hydrogen (secondary N) is 2. The van der Waals surface area contributed by atoms with Gasteiger partial charge in [-0.2, -0.15) is 0 Å². The molecule has 1 aliphatic heterocycles. The standard InChI is InChI=1S/C14H20N4O/c1-2-3-9-16-14(19)18-10-5-7-13(17-18)12-6-4-8-15-11-12/h4,6-8,11,17H,2-3,5,9-10H2,1H3,(H,16,19). The van der Waals surface area contributed by atoms with Crippen LogP contribution in [0, 0.1) is 0 Å².